The number of hydrogen-bond acceptors (Lipinski definition) is 7. The molecule has 1 atom stereocenters. The molecule has 1 heterocycles. The summed E-state index contributed by atoms with van der Waals surface area (Å²) in [5.74, 6) is 0.293. The third kappa shape index (κ3) is 5.04. The number of nitriles is 1. The Morgan fingerprint density at radius 1 is 1.30 bits per heavy atom. The van der Waals surface area contributed by atoms with Crippen LogP contribution >= 0.6 is 35.3 Å². The van der Waals surface area contributed by atoms with Gasteiger partial charge in [-0.1, -0.05) is 53.4 Å². The highest BCUT2D eigenvalue weighted by Gasteiger charge is 2.12. The van der Waals surface area contributed by atoms with Crippen molar-refractivity contribution in [3.05, 3.63) is 69.7 Å². The van der Waals surface area contributed by atoms with Crippen molar-refractivity contribution in [3.8, 4) is 11.8 Å². The smallest absolute Gasteiger partial charge is 0.339 e. The number of thioether (sulfide) groups is 1. The third-order valence-electron chi connectivity index (χ3n) is 3.55. The van der Waals surface area contributed by atoms with E-state index in [4.69, 9.17) is 22.2 Å². The largest absolute Gasteiger partial charge is 0.444 e. The van der Waals surface area contributed by atoms with Crippen LogP contribution in [-0.2, 0) is 10.5 Å². The van der Waals surface area contributed by atoms with Crippen molar-refractivity contribution < 1.29 is 9.53 Å². The van der Waals surface area contributed by atoms with Gasteiger partial charge in [-0.2, -0.15) is 5.26 Å². The van der Waals surface area contributed by atoms with Crippen LogP contribution in [0.15, 0.2) is 58.9 Å². The fourth-order valence-corrected chi connectivity index (χ4v) is 4.51. The SMILES string of the molecule is C[C@H](C#N)OC(=O)c1ccc(-n2nc(SCc3ccccc3)sc2=S)cc1. The lowest BCUT2D eigenvalue weighted by Gasteiger charge is -2.06. The van der Waals surface area contributed by atoms with Crippen LogP contribution < -0.4 is 0 Å². The second-order valence-electron chi connectivity index (χ2n) is 5.54. The van der Waals surface area contributed by atoms with Crippen LogP contribution in [0.25, 0.3) is 5.69 Å². The Morgan fingerprint density at radius 2 is 2.00 bits per heavy atom. The summed E-state index contributed by atoms with van der Waals surface area (Å²) >= 11 is 8.51. The van der Waals surface area contributed by atoms with E-state index >= 15 is 0 Å². The summed E-state index contributed by atoms with van der Waals surface area (Å²) in [5, 5.41) is 13.3. The lowest BCUT2D eigenvalue weighted by atomic mass is 10.2. The predicted octanol–water partition coefficient (Wildman–Crippen LogP) is 5.02. The number of aromatic nitrogens is 2. The van der Waals surface area contributed by atoms with Gasteiger partial charge in [0.2, 0.25) is 0 Å². The lowest BCUT2D eigenvalue weighted by Crippen LogP contribution is -2.13. The maximum atomic E-state index is 11.9. The predicted molar refractivity (Wildman–Crippen MR) is 109 cm³/mol. The number of ether oxygens (including phenoxy) is 1. The molecule has 1 aromatic heterocycles. The quantitative estimate of drug-likeness (QED) is 0.321. The van der Waals surface area contributed by atoms with Gasteiger partial charge in [-0.3, -0.25) is 0 Å². The molecule has 0 fully saturated rings. The number of esters is 1. The molecule has 136 valence electrons. The standard InChI is InChI=1S/C19H15N3O2S3/c1-13(11-20)24-17(23)15-7-9-16(10-8-15)22-19(25)27-18(21-22)26-12-14-5-3-2-4-6-14/h2-10,13H,12H2,1H3/t13-/m1/s1. The number of rotatable bonds is 6. The molecular formula is C19H15N3O2S3. The molecule has 0 aliphatic heterocycles. The van der Waals surface area contributed by atoms with Gasteiger partial charge in [0, 0.05) is 5.75 Å². The molecule has 5 nitrogen and oxygen atoms in total. The van der Waals surface area contributed by atoms with Gasteiger partial charge in [-0.25, -0.2) is 9.48 Å². The maximum Gasteiger partial charge on any atom is 0.339 e. The molecule has 0 spiro atoms. The van der Waals surface area contributed by atoms with Crippen LogP contribution in [0.5, 0.6) is 0 Å². The highest BCUT2D eigenvalue weighted by atomic mass is 32.2. The molecule has 0 saturated carbocycles. The van der Waals surface area contributed by atoms with E-state index in [1.165, 1.54) is 23.8 Å². The Balaban J connectivity index is 1.71. The average molecular weight is 414 g/mol. The zero-order valence-electron chi connectivity index (χ0n) is 14.4. The fourth-order valence-electron chi connectivity index (χ4n) is 2.20. The van der Waals surface area contributed by atoms with Crippen molar-refractivity contribution in [2.75, 3.05) is 0 Å². The highest BCUT2D eigenvalue weighted by Crippen LogP contribution is 2.27. The van der Waals surface area contributed by atoms with Crippen LogP contribution in [0.4, 0.5) is 0 Å². The molecule has 27 heavy (non-hydrogen) atoms. The van der Waals surface area contributed by atoms with Gasteiger partial charge in [0.05, 0.1) is 11.3 Å². The summed E-state index contributed by atoms with van der Waals surface area (Å²) in [5.41, 5.74) is 2.37. The number of benzene rings is 2. The Morgan fingerprint density at radius 3 is 2.67 bits per heavy atom. The number of nitrogens with zero attached hydrogens (tertiary/aromatic N) is 3. The van der Waals surface area contributed by atoms with E-state index in [2.05, 4.69) is 17.2 Å². The third-order valence-corrected chi connectivity index (χ3v) is 5.98. The summed E-state index contributed by atoms with van der Waals surface area (Å²) < 4.78 is 8.19. The van der Waals surface area contributed by atoms with Crippen LogP contribution in [0.2, 0.25) is 0 Å². The molecule has 0 radical (unpaired) electrons. The minimum atomic E-state index is -0.784. The Kier molecular flexibility index (Phi) is 6.40. The van der Waals surface area contributed by atoms with Gasteiger partial charge in [-0.05, 0) is 49.0 Å². The zero-order valence-corrected chi connectivity index (χ0v) is 16.8. The van der Waals surface area contributed by atoms with Gasteiger partial charge < -0.3 is 4.74 Å². The summed E-state index contributed by atoms with van der Waals surface area (Å²) in [7, 11) is 0. The summed E-state index contributed by atoms with van der Waals surface area (Å²) in [4.78, 5) is 11.9. The van der Waals surface area contributed by atoms with Gasteiger partial charge >= 0.3 is 5.97 Å². The molecule has 2 aromatic carbocycles. The second-order valence-corrected chi connectivity index (χ2v) is 8.39. The molecule has 0 unspecified atom stereocenters. The molecule has 0 N–H and O–H groups in total. The fraction of sp³-hybridized carbons (Fsp3) is 0.158. The molecule has 3 rings (SSSR count). The van der Waals surface area contributed by atoms with Crippen LogP contribution in [0, 0.1) is 15.3 Å². The molecular weight excluding hydrogens is 398 g/mol. The van der Waals surface area contributed by atoms with Gasteiger partial charge in [-0.15, -0.1) is 5.10 Å². The van der Waals surface area contributed by atoms with Crippen molar-refractivity contribution in [1.82, 2.24) is 9.78 Å². The van der Waals surface area contributed by atoms with E-state index in [-0.39, 0.29) is 0 Å². The van der Waals surface area contributed by atoms with E-state index in [9.17, 15) is 4.79 Å². The van der Waals surface area contributed by atoms with E-state index in [0.29, 0.717) is 9.52 Å². The first-order valence-corrected chi connectivity index (χ1v) is 10.3. The minimum Gasteiger partial charge on any atom is -0.444 e. The van der Waals surface area contributed by atoms with Crippen LogP contribution in [0.3, 0.4) is 0 Å². The van der Waals surface area contributed by atoms with Crippen molar-refractivity contribution in [1.29, 1.82) is 5.26 Å². The molecule has 0 aliphatic rings. The van der Waals surface area contributed by atoms with Crippen molar-refractivity contribution >= 4 is 41.3 Å². The van der Waals surface area contributed by atoms with Crippen LogP contribution in [0.1, 0.15) is 22.8 Å². The molecule has 8 heteroatoms. The zero-order chi connectivity index (χ0) is 19.2. The lowest BCUT2D eigenvalue weighted by molar-refractivity contribution is 0.0435. The monoisotopic (exact) mass is 413 g/mol. The van der Waals surface area contributed by atoms with E-state index in [0.717, 1.165) is 15.8 Å². The van der Waals surface area contributed by atoms with E-state index in [1.54, 1.807) is 40.7 Å². The van der Waals surface area contributed by atoms with Crippen molar-refractivity contribution in [3.63, 3.8) is 0 Å². The number of carbonyl (C=O) groups is 1. The van der Waals surface area contributed by atoms with E-state index < -0.39 is 12.1 Å². The molecule has 3 aromatic rings. The van der Waals surface area contributed by atoms with Gasteiger partial charge in [0.1, 0.15) is 6.07 Å². The number of carbonyl (C=O) groups excluding carboxylic acids is 1. The maximum absolute atomic E-state index is 11.9. The molecule has 0 saturated heterocycles. The van der Waals surface area contributed by atoms with E-state index in [1.807, 2.05) is 24.3 Å². The summed E-state index contributed by atoms with van der Waals surface area (Å²) in [6.07, 6.45) is -0.784. The highest BCUT2D eigenvalue weighted by molar-refractivity contribution is 8.00. The summed E-state index contributed by atoms with van der Waals surface area (Å²) in [6.45, 7) is 1.52. The Bertz CT molecular complexity index is 1020. The second kappa shape index (κ2) is 8.95. The Hall–Kier alpha value is -2.47. The molecule has 0 amide bonds. The topological polar surface area (TPSA) is 67.9 Å². The van der Waals surface area contributed by atoms with Crippen LogP contribution in [-0.4, -0.2) is 21.9 Å². The first kappa shape index (κ1) is 19.3. The molecule has 0 aliphatic carbocycles. The van der Waals surface area contributed by atoms with Gasteiger partial charge in [0.15, 0.2) is 14.4 Å². The first-order valence-electron chi connectivity index (χ1n) is 8.05. The van der Waals surface area contributed by atoms with Crippen molar-refractivity contribution in [2.45, 2.75) is 23.1 Å². The minimum absolute atomic E-state index is 0.376. The normalized spacial score (nSPS) is 11.6. The average Bonchev–Trinajstić information content (AvgIpc) is 3.07. The number of hydrogen-bond donors (Lipinski definition) is 0. The van der Waals surface area contributed by atoms with Crippen molar-refractivity contribution in [2.24, 2.45) is 0 Å². The van der Waals surface area contributed by atoms with Gasteiger partial charge in [0.25, 0.3) is 0 Å². The Labute approximate surface area is 170 Å². The molecule has 0 bridgehead atoms. The first-order chi connectivity index (χ1) is 13.1. The summed E-state index contributed by atoms with van der Waals surface area (Å²) in [6, 6.07) is 18.8.